The van der Waals surface area contributed by atoms with E-state index in [1.54, 1.807) is 10.4 Å². The largest absolute Gasteiger partial charge is 0.264 e. The van der Waals surface area contributed by atoms with Crippen molar-refractivity contribution in [1.82, 2.24) is 9.97 Å². The molecule has 0 spiro atoms. The lowest BCUT2D eigenvalue weighted by atomic mass is 9.62. The number of benzene rings is 1. The molecule has 0 saturated heterocycles. The van der Waals surface area contributed by atoms with Gasteiger partial charge in [-0.25, -0.2) is 0 Å². The molecule has 0 saturated carbocycles. The van der Waals surface area contributed by atoms with Crippen LogP contribution < -0.4 is 21.0 Å². The Labute approximate surface area is 238 Å². The van der Waals surface area contributed by atoms with Gasteiger partial charge in [0, 0.05) is 36.1 Å². The van der Waals surface area contributed by atoms with E-state index in [9.17, 15) is 0 Å². The summed E-state index contributed by atoms with van der Waals surface area (Å²) >= 11 is 0. The lowest BCUT2D eigenvalue weighted by Gasteiger charge is -2.53. The molecular formula is C32H50N2P2Si2. The van der Waals surface area contributed by atoms with Gasteiger partial charge in [0.05, 0.1) is 16.1 Å². The fourth-order valence-corrected chi connectivity index (χ4v) is 13.5. The summed E-state index contributed by atoms with van der Waals surface area (Å²) in [4.78, 5) is 9.06. The van der Waals surface area contributed by atoms with E-state index in [4.69, 9.17) is 0 Å². The van der Waals surface area contributed by atoms with Gasteiger partial charge in [0.25, 0.3) is 0 Å². The Balaban J connectivity index is 2.44. The zero-order chi connectivity index (χ0) is 28.7. The lowest BCUT2D eigenvalue weighted by Crippen LogP contribution is -2.57. The third kappa shape index (κ3) is 6.41. The summed E-state index contributed by atoms with van der Waals surface area (Å²) in [6.07, 6.45) is 8.88. The van der Waals surface area contributed by atoms with Gasteiger partial charge >= 0.3 is 0 Å². The molecule has 1 atom stereocenters. The van der Waals surface area contributed by atoms with Gasteiger partial charge < -0.3 is 0 Å². The van der Waals surface area contributed by atoms with Crippen molar-refractivity contribution in [3.63, 3.8) is 0 Å². The van der Waals surface area contributed by atoms with E-state index in [1.807, 2.05) is 12.4 Å². The van der Waals surface area contributed by atoms with Gasteiger partial charge in [-0.05, 0) is 52.6 Å². The van der Waals surface area contributed by atoms with E-state index in [0.29, 0.717) is 0 Å². The molecule has 2 heterocycles. The first-order valence-corrected chi connectivity index (χ1v) is 22.9. The molecule has 2 nitrogen and oxygen atoms in total. The zero-order valence-corrected chi connectivity index (χ0v) is 29.9. The van der Waals surface area contributed by atoms with Crippen molar-refractivity contribution < 1.29 is 0 Å². The number of nitrogens with zero attached hydrogens (tertiary/aromatic N) is 2. The van der Waals surface area contributed by atoms with Crippen molar-refractivity contribution in [3.05, 3.63) is 72.3 Å². The van der Waals surface area contributed by atoms with Crippen LogP contribution in [-0.2, 0) is 11.3 Å². The first-order chi connectivity index (χ1) is 17.3. The monoisotopic (exact) mass is 580 g/mol. The number of rotatable bonds is 7. The van der Waals surface area contributed by atoms with Crippen molar-refractivity contribution in [2.45, 2.75) is 92.1 Å². The normalized spacial score (nSPS) is 13.7. The summed E-state index contributed by atoms with van der Waals surface area (Å²) in [5, 5.41) is 5.82. The summed E-state index contributed by atoms with van der Waals surface area (Å²) in [6, 6.07) is 14.0. The molecule has 206 valence electrons. The van der Waals surface area contributed by atoms with Crippen LogP contribution in [0.5, 0.6) is 0 Å². The standard InChI is InChI=1S/C32H50N2P2Si2/c1-30(2,3)32(35,31(4,5)6)27-20-29(38(10,11)12)28(37(7,8)9)19-24(27)23-36(25-15-13-17-33-21-25)26-16-14-18-34-22-26/h13-22H,23,35H2,1-12H3. The highest BCUT2D eigenvalue weighted by molar-refractivity contribution is 7.72. The van der Waals surface area contributed by atoms with E-state index >= 15 is 0 Å². The molecule has 0 N–H and O–H groups in total. The van der Waals surface area contributed by atoms with Crippen LogP contribution in [0.4, 0.5) is 0 Å². The molecule has 3 aromatic rings. The number of hydrogen-bond donors (Lipinski definition) is 0. The van der Waals surface area contributed by atoms with Crippen LogP contribution in [0, 0.1) is 10.8 Å². The Morgan fingerprint density at radius 3 is 1.47 bits per heavy atom. The van der Waals surface area contributed by atoms with Crippen molar-refractivity contribution >= 4 is 54.3 Å². The van der Waals surface area contributed by atoms with Gasteiger partial charge in [-0.1, -0.05) is 115 Å². The van der Waals surface area contributed by atoms with Gasteiger partial charge in [-0.2, -0.15) is 0 Å². The van der Waals surface area contributed by atoms with Crippen molar-refractivity contribution in [2.24, 2.45) is 10.8 Å². The minimum absolute atomic E-state index is 0.0490. The first kappa shape index (κ1) is 31.3. The average molecular weight is 581 g/mol. The van der Waals surface area contributed by atoms with E-state index in [2.05, 4.69) is 149 Å². The molecule has 0 bridgehead atoms. The van der Waals surface area contributed by atoms with E-state index in [0.717, 1.165) is 6.16 Å². The average Bonchev–Trinajstić information content (AvgIpc) is 2.80. The third-order valence-corrected chi connectivity index (χ3v) is 16.7. The Morgan fingerprint density at radius 2 is 1.13 bits per heavy atom. The highest BCUT2D eigenvalue weighted by atomic mass is 31.1. The van der Waals surface area contributed by atoms with E-state index in [1.165, 1.54) is 21.7 Å². The van der Waals surface area contributed by atoms with Gasteiger partial charge in [0.2, 0.25) is 0 Å². The van der Waals surface area contributed by atoms with Crippen molar-refractivity contribution in [2.75, 3.05) is 0 Å². The minimum atomic E-state index is -1.60. The summed E-state index contributed by atoms with van der Waals surface area (Å²) < 4.78 is 0. The predicted octanol–water partition coefficient (Wildman–Crippen LogP) is 7.36. The predicted molar refractivity (Wildman–Crippen MR) is 181 cm³/mol. The maximum absolute atomic E-state index is 4.53. The molecule has 1 aromatic carbocycles. The van der Waals surface area contributed by atoms with E-state index in [-0.39, 0.29) is 16.0 Å². The molecule has 38 heavy (non-hydrogen) atoms. The van der Waals surface area contributed by atoms with Crippen LogP contribution in [-0.4, -0.2) is 26.1 Å². The Bertz CT molecular complexity index is 1180. The maximum Gasteiger partial charge on any atom is 0.0774 e. The van der Waals surface area contributed by atoms with Crippen LogP contribution >= 0.6 is 17.2 Å². The smallest absolute Gasteiger partial charge is 0.0774 e. The van der Waals surface area contributed by atoms with Gasteiger partial charge in [0.1, 0.15) is 0 Å². The summed E-state index contributed by atoms with van der Waals surface area (Å²) in [7, 11) is -0.449. The minimum Gasteiger partial charge on any atom is -0.264 e. The fraction of sp³-hybridized carbons (Fsp3) is 0.500. The molecule has 2 aromatic heterocycles. The fourth-order valence-electron chi connectivity index (χ4n) is 5.85. The van der Waals surface area contributed by atoms with Gasteiger partial charge in [-0.3, -0.25) is 9.97 Å². The van der Waals surface area contributed by atoms with Crippen molar-refractivity contribution in [1.29, 1.82) is 0 Å². The Kier molecular flexibility index (Phi) is 9.07. The molecular weight excluding hydrogens is 530 g/mol. The van der Waals surface area contributed by atoms with Crippen LogP contribution in [0.3, 0.4) is 0 Å². The second-order valence-corrected chi connectivity index (χ2v) is 28.0. The molecule has 0 aliphatic heterocycles. The molecule has 0 aliphatic rings. The second kappa shape index (κ2) is 11.0. The van der Waals surface area contributed by atoms with Crippen LogP contribution in [0.2, 0.25) is 39.3 Å². The quantitative estimate of drug-likeness (QED) is 0.216. The van der Waals surface area contributed by atoms with Crippen molar-refractivity contribution in [3.8, 4) is 0 Å². The third-order valence-electron chi connectivity index (χ3n) is 7.89. The first-order valence-electron chi connectivity index (χ1n) is 13.8. The van der Waals surface area contributed by atoms with Crippen LogP contribution in [0.25, 0.3) is 0 Å². The number of pyridine rings is 2. The molecule has 0 fully saturated rings. The maximum atomic E-state index is 4.53. The van der Waals surface area contributed by atoms with E-state index < -0.39 is 24.1 Å². The molecule has 6 heteroatoms. The summed E-state index contributed by atoms with van der Waals surface area (Å²) in [5.74, 6) is 0. The van der Waals surface area contributed by atoms with Gasteiger partial charge in [0.15, 0.2) is 0 Å². The summed E-state index contributed by atoms with van der Waals surface area (Å²) in [5.41, 5.74) is 3.12. The number of hydrogen-bond acceptors (Lipinski definition) is 2. The zero-order valence-electron chi connectivity index (χ0n) is 25.9. The molecule has 0 radical (unpaired) electrons. The highest BCUT2D eigenvalue weighted by Crippen LogP contribution is 2.59. The highest BCUT2D eigenvalue weighted by Gasteiger charge is 2.50. The topological polar surface area (TPSA) is 25.8 Å². The Hall–Kier alpha value is -1.19. The van der Waals surface area contributed by atoms with Gasteiger partial charge in [-0.15, -0.1) is 9.24 Å². The Morgan fingerprint density at radius 1 is 0.711 bits per heavy atom. The lowest BCUT2D eigenvalue weighted by molar-refractivity contribution is 0.139. The van der Waals surface area contributed by atoms with Crippen LogP contribution in [0.1, 0.15) is 52.7 Å². The molecule has 1 unspecified atom stereocenters. The second-order valence-electron chi connectivity index (χ2n) is 14.9. The van der Waals surface area contributed by atoms with Crippen LogP contribution in [0.15, 0.2) is 61.2 Å². The molecule has 0 aliphatic carbocycles. The number of aromatic nitrogens is 2. The molecule has 3 rings (SSSR count). The summed E-state index contributed by atoms with van der Waals surface area (Å²) in [6.45, 7) is 29.6. The SMILES string of the molecule is CC(C)(C)C(P)(c1cc([Si](C)(C)C)c([Si](C)(C)C)cc1CP(c1cccnc1)c1cccnc1)C(C)(C)C. The molecule has 0 amide bonds.